The van der Waals surface area contributed by atoms with Crippen molar-refractivity contribution >= 4 is 9.04 Å². The molecule has 0 amide bonds. The van der Waals surface area contributed by atoms with Crippen LogP contribution in [0.2, 0.25) is 13.1 Å². The lowest BCUT2D eigenvalue weighted by atomic mass is 9.87. The average Bonchev–Trinajstić information content (AvgIpc) is 2.08. The van der Waals surface area contributed by atoms with E-state index in [0.29, 0.717) is 6.10 Å². The predicted molar refractivity (Wildman–Crippen MR) is 70.5 cm³/mol. The molecule has 0 aliphatic heterocycles. The van der Waals surface area contributed by atoms with Gasteiger partial charge in [-0.3, -0.25) is 0 Å². The first-order valence-electron chi connectivity index (χ1n) is 5.99. The lowest BCUT2D eigenvalue weighted by Crippen LogP contribution is -2.32. The van der Waals surface area contributed by atoms with Crippen molar-refractivity contribution in [1.29, 1.82) is 0 Å². The van der Waals surface area contributed by atoms with Crippen molar-refractivity contribution in [2.45, 2.75) is 66.2 Å². The summed E-state index contributed by atoms with van der Waals surface area (Å²) in [6, 6.07) is 0. The molecule has 0 rings (SSSR count). The molecule has 88 valence electrons. The highest BCUT2D eigenvalue weighted by atomic mass is 28.3. The van der Waals surface area contributed by atoms with E-state index >= 15 is 0 Å². The summed E-state index contributed by atoms with van der Waals surface area (Å²) in [4.78, 5) is 0. The van der Waals surface area contributed by atoms with E-state index < -0.39 is 9.04 Å². The summed E-state index contributed by atoms with van der Waals surface area (Å²) in [5, 5.41) is 0. The fraction of sp³-hybridized carbons (Fsp3) is 0.846. The van der Waals surface area contributed by atoms with Gasteiger partial charge >= 0.3 is 0 Å². The second-order valence-electron chi connectivity index (χ2n) is 5.35. The van der Waals surface area contributed by atoms with Gasteiger partial charge in [0.25, 0.3) is 0 Å². The molecule has 0 bridgehead atoms. The van der Waals surface area contributed by atoms with Gasteiger partial charge in [-0.15, -0.1) is 11.8 Å². The molecule has 0 aliphatic rings. The Labute approximate surface area is 97.3 Å². The molecule has 0 N–H and O–H groups in total. The van der Waals surface area contributed by atoms with Crippen LogP contribution in [0.4, 0.5) is 0 Å². The summed E-state index contributed by atoms with van der Waals surface area (Å²) in [5.41, 5.74) is 0.207. The summed E-state index contributed by atoms with van der Waals surface area (Å²) in [6.07, 6.45) is 3.34. The van der Waals surface area contributed by atoms with Crippen molar-refractivity contribution in [3.05, 3.63) is 0 Å². The van der Waals surface area contributed by atoms with Gasteiger partial charge in [0.2, 0.25) is 0 Å². The SMILES string of the molecule is CCCC#CCC(O[SiH](C)C)C(C)(C)C. The normalized spacial score (nSPS) is 13.5. The largest absolute Gasteiger partial charge is 0.416 e. The van der Waals surface area contributed by atoms with Crippen LogP contribution < -0.4 is 0 Å². The van der Waals surface area contributed by atoms with Crippen LogP contribution in [-0.2, 0) is 4.43 Å². The van der Waals surface area contributed by atoms with Crippen molar-refractivity contribution in [2.75, 3.05) is 0 Å². The van der Waals surface area contributed by atoms with Gasteiger partial charge in [-0.05, 0) is 24.9 Å². The smallest absolute Gasteiger partial charge is 0.171 e. The number of unbranched alkanes of at least 4 members (excludes halogenated alkanes) is 1. The van der Waals surface area contributed by atoms with Crippen molar-refractivity contribution in [2.24, 2.45) is 5.41 Å². The molecule has 0 radical (unpaired) electrons. The molecule has 0 spiro atoms. The number of hydrogen-bond donors (Lipinski definition) is 0. The Morgan fingerprint density at radius 1 is 1.20 bits per heavy atom. The van der Waals surface area contributed by atoms with Gasteiger partial charge < -0.3 is 4.43 Å². The minimum Gasteiger partial charge on any atom is -0.416 e. The zero-order valence-electron chi connectivity index (χ0n) is 11.2. The van der Waals surface area contributed by atoms with Crippen molar-refractivity contribution < 1.29 is 4.43 Å². The Hall–Kier alpha value is -0.263. The summed E-state index contributed by atoms with van der Waals surface area (Å²) in [7, 11) is -0.955. The maximum Gasteiger partial charge on any atom is 0.171 e. The molecular formula is C13H26OSi. The molecule has 1 atom stereocenters. The van der Waals surface area contributed by atoms with E-state index in [1.165, 1.54) is 0 Å². The summed E-state index contributed by atoms with van der Waals surface area (Å²) in [6.45, 7) is 13.3. The summed E-state index contributed by atoms with van der Waals surface area (Å²) >= 11 is 0. The second-order valence-corrected chi connectivity index (χ2v) is 7.72. The van der Waals surface area contributed by atoms with E-state index in [2.05, 4.69) is 52.6 Å². The molecule has 0 fully saturated rings. The number of hydrogen-bond acceptors (Lipinski definition) is 1. The molecule has 1 nitrogen and oxygen atoms in total. The molecule has 0 saturated heterocycles. The molecule has 15 heavy (non-hydrogen) atoms. The fourth-order valence-electron chi connectivity index (χ4n) is 1.27. The van der Waals surface area contributed by atoms with E-state index in [-0.39, 0.29) is 5.41 Å². The van der Waals surface area contributed by atoms with Gasteiger partial charge in [-0.1, -0.05) is 27.7 Å². The Morgan fingerprint density at radius 2 is 1.80 bits per heavy atom. The lowest BCUT2D eigenvalue weighted by molar-refractivity contribution is 0.0911. The molecule has 1 unspecified atom stereocenters. The van der Waals surface area contributed by atoms with Crippen molar-refractivity contribution in [1.82, 2.24) is 0 Å². The standard InChI is InChI=1S/C13H26OSi/c1-7-8-9-10-11-12(13(2,3)4)14-15(5)6/h12,15H,7-8,11H2,1-6H3. The minimum atomic E-state index is -0.955. The zero-order chi connectivity index (χ0) is 11.9. The first-order valence-corrected chi connectivity index (χ1v) is 8.77. The van der Waals surface area contributed by atoms with Crippen LogP contribution in [0.5, 0.6) is 0 Å². The first kappa shape index (κ1) is 14.7. The topological polar surface area (TPSA) is 9.23 Å². The van der Waals surface area contributed by atoms with Crippen molar-refractivity contribution in [3.63, 3.8) is 0 Å². The number of rotatable bonds is 4. The molecular weight excluding hydrogens is 200 g/mol. The Morgan fingerprint density at radius 3 is 2.20 bits per heavy atom. The monoisotopic (exact) mass is 226 g/mol. The van der Waals surface area contributed by atoms with Gasteiger partial charge in [0.05, 0.1) is 6.10 Å². The van der Waals surface area contributed by atoms with Crippen LogP contribution in [0.25, 0.3) is 0 Å². The van der Waals surface area contributed by atoms with Crippen molar-refractivity contribution in [3.8, 4) is 11.8 Å². The van der Waals surface area contributed by atoms with Gasteiger partial charge in [0.15, 0.2) is 9.04 Å². The molecule has 0 saturated carbocycles. The van der Waals surface area contributed by atoms with E-state index in [9.17, 15) is 0 Å². The molecule has 2 heteroatoms. The van der Waals surface area contributed by atoms with Crippen LogP contribution in [0.1, 0.15) is 47.0 Å². The van der Waals surface area contributed by atoms with E-state index in [4.69, 9.17) is 4.43 Å². The molecule has 0 aliphatic carbocycles. The third kappa shape index (κ3) is 7.64. The average molecular weight is 226 g/mol. The highest BCUT2D eigenvalue weighted by molar-refractivity contribution is 6.48. The maximum atomic E-state index is 6.03. The van der Waals surface area contributed by atoms with Gasteiger partial charge in [-0.25, -0.2) is 0 Å². The molecule has 0 aromatic rings. The minimum absolute atomic E-state index is 0.207. The molecule has 0 heterocycles. The zero-order valence-corrected chi connectivity index (χ0v) is 12.3. The van der Waals surface area contributed by atoms with Crippen LogP contribution in [0.3, 0.4) is 0 Å². The molecule has 0 aromatic heterocycles. The first-order chi connectivity index (χ1) is 6.88. The Balaban J connectivity index is 4.22. The van der Waals surface area contributed by atoms with E-state index in [1.54, 1.807) is 0 Å². The van der Waals surface area contributed by atoms with Crippen LogP contribution >= 0.6 is 0 Å². The van der Waals surface area contributed by atoms with Crippen LogP contribution in [0.15, 0.2) is 0 Å². The van der Waals surface area contributed by atoms with E-state index in [1.807, 2.05) is 0 Å². The fourth-order valence-corrected chi connectivity index (χ4v) is 2.43. The third-order valence-corrected chi connectivity index (χ3v) is 3.06. The Bertz CT molecular complexity index is 217. The third-order valence-electron chi connectivity index (χ3n) is 2.19. The Kier molecular flexibility index (Phi) is 6.96. The lowest BCUT2D eigenvalue weighted by Gasteiger charge is -2.31. The summed E-state index contributed by atoms with van der Waals surface area (Å²) < 4.78 is 6.03. The maximum absolute atomic E-state index is 6.03. The van der Waals surface area contributed by atoms with Crippen LogP contribution in [-0.4, -0.2) is 15.1 Å². The van der Waals surface area contributed by atoms with Gasteiger partial charge in [0, 0.05) is 12.8 Å². The highest BCUT2D eigenvalue weighted by Gasteiger charge is 2.25. The quantitative estimate of drug-likeness (QED) is 0.526. The molecule has 0 aromatic carbocycles. The van der Waals surface area contributed by atoms with Gasteiger partial charge in [-0.2, -0.15) is 0 Å². The predicted octanol–water partition coefficient (Wildman–Crippen LogP) is 3.59. The van der Waals surface area contributed by atoms with Gasteiger partial charge in [0.1, 0.15) is 0 Å². The van der Waals surface area contributed by atoms with E-state index in [0.717, 1.165) is 19.3 Å². The van der Waals surface area contributed by atoms with Crippen LogP contribution in [0, 0.1) is 17.3 Å². The second kappa shape index (κ2) is 7.08. The highest BCUT2D eigenvalue weighted by Crippen LogP contribution is 2.25. The summed E-state index contributed by atoms with van der Waals surface area (Å²) in [5.74, 6) is 6.44.